The molecule has 0 rings (SSSR count). The van der Waals surface area contributed by atoms with Crippen molar-refractivity contribution >= 4 is 17.6 Å². The number of hydrogen-bond acceptors (Lipinski definition) is 3. The molecule has 0 saturated carbocycles. The minimum atomic E-state index is -0.279. The van der Waals surface area contributed by atoms with Crippen molar-refractivity contribution in [2.75, 3.05) is 20.1 Å². The molecule has 0 aliphatic heterocycles. The standard InChI is InChI=1S/C8H13ClO3/c1-11-7(5-6-9)3-4-8(10)12-2/h3H,4-6H2,1-2H3. The summed E-state index contributed by atoms with van der Waals surface area (Å²) in [5.41, 5.74) is 0. The monoisotopic (exact) mass is 192 g/mol. The van der Waals surface area contributed by atoms with Gasteiger partial charge in [-0.3, -0.25) is 4.79 Å². The van der Waals surface area contributed by atoms with Crippen molar-refractivity contribution in [2.24, 2.45) is 0 Å². The summed E-state index contributed by atoms with van der Waals surface area (Å²) in [5, 5.41) is 0. The first-order chi connectivity index (χ1) is 5.74. The first kappa shape index (κ1) is 11.3. The van der Waals surface area contributed by atoms with Gasteiger partial charge < -0.3 is 9.47 Å². The summed E-state index contributed by atoms with van der Waals surface area (Å²) in [6.45, 7) is 0. The summed E-state index contributed by atoms with van der Waals surface area (Å²) in [4.78, 5) is 10.7. The van der Waals surface area contributed by atoms with E-state index in [1.54, 1.807) is 13.2 Å². The lowest BCUT2D eigenvalue weighted by Gasteiger charge is -2.02. The van der Waals surface area contributed by atoms with Crippen LogP contribution in [0.2, 0.25) is 0 Å². The van der Waals surface area contributed by atoms with Crippen molar-refractivity contribution in [2.45, 2.75) is 12.8 Å². The maximum Gasteiger partial charge on any atom is 0.309 e. The van der Waals surface area contributed by atoms with Crippen molar-refractivity contribution in [3.8, 4) is 0 Å². The number of esters is 1. The molecule has 0 saturated heterocycles. The smallest absolute Gasteiger partial charge is 0.309 e. The van der Waals surface area contributed by atoms with Crippen LogP contribution in [0.4, 0.5) is 0 Å². The topological polar surface area (TPSA) is 35.5 Å². The van der Waals surface area contributed by atoms with Crippen LogP contribution in [0.1, 0.15) is 12.8 Å². The molecule has 0 aliphatic carbocycles. The molecule has 0 atom stereocenters. The number of allylic oxidation sites excluding steroid dienone is 1. The Bertz CT molecular complexity index is 166. The van der Waals surface area contributed by atoms with Crippen molar-refractivity contribution < 1.29 is 14.3 Å². The maximum atomic E-state index is 10.7. The van der Waals surface area contributed by atoms with Gasteiger partial charge >= 0.3 is 5.97 Å². The summed E-state index contributed by atoms with van der Waals surface area (Å²) >= 11 is 5.49. The highest BCUT2D eigenvalue weighted by molar-refractivity contribution is 6.17. The molecule has 0 fully saturated rings. The SMILES string of the molecule is COC(=O)CC=C(CCCl)OC. The van der Waals surface area contributed by atoms with Gasteiger partial charge in [-0.2, -0.15) is 0 Å². The Kier molecular flexibility index (Phi) is 6.57. The van der Waals surface area contributed by atoms with Gasteiger partial charge in [0.25, 0.3) is 0 Å². The van der Waals surface area contributed by atoms with Gasteiger partial charge in [-0.25, -0.2) is 0 Å². The van der Waals surface area contributed by atoms with E-state index in [4.69, 9.17) is 16.3 Å². The Labute approximate surface area is 77.3 Å². The summed E-state index contributed by atoms with van der Waals surface area (Å²) in [7, 11) is 2.90. The Hall–Kier alpha value is -0.700. The van der Waals surface area contributed by atoms with E-state index in [9.17, 15) is 4.79 Å². The predicted octanol–water partition coefficient (Wildman–Crippen LogP) is 1.71. The van der Waals surface area contributed by atoms with Crippen LogP contribution in [0.3, 0.4) is 0 Å². The molecule has 0 bridgehead atoms. The summed E-state index contributed by atoms with van der Waals surface area (Å²) in [6, 6.07) is 0. The Morgan fingerprint density at radius 1 is 1.42 bits per heavy atom. The summed E-state index contributed by atoms with van der Waals surface area (Å²) in [5.74, 6) is 0.926. The van der Waals surface area contributed by atoms with Gasteiger partial charge in [-0.15, -0.1) is 11.6 Å². The van der Waals surface area contributed by atoms with Crippen LogP contribution in [0.5, 0.6) is 0 Å². The van der Waals surface area contributed by atoms with E-state index in [2.05, 4.69) is 4.74 Å². The lowest BCUT2D eigenvalue weighted by molar-refractivity contribution is -0.139. The second-order valence-electron chi connectivity index (χ2n) is 2.09. The molecule has 0 heterocycles. The fourth-order valence-electron chi connectivity index (χ4n) is 0.661. The number of rotatable bonds is 5. The Morgan fingerprint density at radius 3 is 2.50 bits per heavy atom. The zero-order chi connectivity index (χ0) is 9.40. The van der Waals surface area contributed by atoms with E-state index in [1.807, 2.05) is 0 Å². The molecule has 12 heavy (non-hydrogen) atoms. The maximum absolute atomic E-state index is 10.7. The first-order valence-corrected chi connectivity index (χ1v) is 4.13. The van der Waals surface area contributed by atoms with Crippen LogP contribution in [0.25, 0.3) is 0 Å². The second kappa shape index (κ2) is 6.98. The predicted molar refractivity (Wildman–Crippen MR) is 47.1 cm³/mol. The molecule has 0 amide bonds. The van der Waals surface area contributed by atoms with Crippen LogP contribution in [-0.4, -0.2) is 26.1 Å². The van der Waals surface area contributed by atoms with Crippen molar-refractivity contribution in [3.05, 3.63) is 11.8 Å². The molecule has 0 aromatic rings. The van der Waals surface area contributed by atoms with Crippen LogP contribution in [0.15, 0.2) is 11.8 Å². The minimum absolute atomic E-state index is 0.233. The molecular weight excluding hydrogens is 180 g/mol. The molecule has 0 aromatic heterocycles. The molecule has 0 radical (unpaired) electrons. The Balaban J connectivity index is 3.84. The number of hydrogen-bond donors (Lipinski definition) is 0. The van der Waals surface area contributed by atoms with Crippen molar-refractivity contribution in [3.63, 3.8) is 0 Å². The minimum Gasteiger partial charge on any atom is -0.501 e. The van der Waals surface area contributed by atoms with Crippen LogP contribution < -0.4 is 0 Å². The lowest BCUT2D eigenvalue weighted by atomic mass is 10.3. The van der Waals surface area contributed by atoms with Crippen molar-refractivity contribution in [1.82, 2.24) is 0 Å². The quantitative estimate of drug-likeness (QED) is 0.378. The average molecular weight is 193 g/mol. The fraction of sp³-hybridized carbons (Fsp3) is 0.625. The molecule has 4 heteroatoms. The van der Waals surface area contributed by atoms with E-state index in [-0.39, 0.29) is 12.4 Å². The van der Waals surface area contributed by atoms with E-state index >= 15 is 0 Å². The molecule has 3 nitrogen and oxygen atoms in total. The first-order valence-electron chi connectivity index (χ1n) is 3.60. The lowest BCUT2D eigenvalue weighted by Crippen LogP contribution is -1.99. The van der Waals surface area contributed by atoms with Gasteiger partial charge in [0.15, 0.2) is 0 Å². The molecule has 0 N–H and O–H groups in total. The second-order valence-corrected chi connectivity index (χ2v) is 2.47. The molecule has 70 valence electrons. The number of alkyl halides is 1. The van der Waals surface area contributed by atoms with Crippen LogP contribution in [-0.2, 0) is 14.3 Å². The molecule has 0 aromatic carbocycles. The number of carbonyl (C=O) groups excluding carboxylic acids is 1. The van der Waals surface area contributed by atoms with Gasteiger partial charge in [0.05, 0.1) is 26.4 Å². The van der Waals surface area contributed by atoms with Gasteiger partial charge in [-0.1, -0.05) is 0 Å². The molecule has 0 unspecified atom stereocenters. The van der Waals surface area contributed by atoms with Crippen LogP contribution in [0, 0.1) is 0 Å². The number of carbonyl (C=O) groups is 1. The number of methoxy groups -OCH3 is 2. The van der Waals surface area contributed by atoms with Crippen LogP contribution >= 0.6 is 11.6 Å². The van der Waals surface area contributed by atoms with Gasteiger partial charge in [0.1, 0.15) is 0 Å². The van der Waals surface area contributed by atoms with E-state index in [0.29, 0.717) is 12.3 Å². The third kappa shape index (κ3) is 5.02. The summed E-state index contributed by atoms with van der Waals surface area (Å²) in [6.07, 6.45) is 2.54. The fourth-order valence-corrected chi connectivity index (χ4v) is 0.847. The number of ether oxygens (including phenoxy) is 2. The molecule has 0 spiro atoms. The number of halogens is 1. The average Bonchev–Trinajstić information content (AvgIpc) is 2.11. The highest BCUT2D eigenvalue weighted by Gasteiger charge is 1.99. The van der Waals surface area contributed by atoms with Gasteiger partial charge in [0, 0.05) is 12.3 Å². The zero-order valence-corrected chi connectivity index (χ0v) is 8.06. The van der Waals surface area contributed by atoms with Gasteiger partial charge in [-0.05, 0) is 6.08 Å². The van der Waals surface area contributed by atoms with E-state index in [1.165, 1.54) is 7.11 Å². The third-order valence-electron chi connectivity index (χ3n) is 1.33. The zero-order valence-electron chi connectivity index (χ0n) is 7.30. The highest BCUT2D eigenvalue weighted by Crippen LogP contribution is 2.05. The van der Waals surface area contributed by atoms with E-state index < -0.39 is 0 Å². The summed E-state index contributed by atoms with van der Waals surface area (Å²) < 4.78 is 9.41. The largest absolute Gasteiger partial charge is 0.501 e. The van der Waals surface area contributed by atoms with Gasteiger partial charge in [0.2, 0.25) is 0 Å². The third-order valence-corrected chi connectivity index (χ3v) is 1.52. The van der Waals surface area contributed by atoms with Crippen molar-refractivity contribution in [1.29, 1.82) is 0 Å². The highest BCUT2D eigenvalue weighted by atomic mass is 35.5. The Morgan fingerprint density at radius 2 is 2.08 bits per heavy atom. The van der Waals surface area contributed by atoms with E-state index in [0.717, 1.165) is 5.76 Å². The molecular formula is C8H13ClO3. The normalized spacial score (nSPS) is 11.1. The molecule has 0 aliphatic rings.